The molecule has 138 valence electrons. The SMILES string of the molecule is COc1ccccc1OCC(=O)Nc1ccc(Nc2ccccc2F)cc1. The van der Waals surface area contributed by atoms with Gasteiger partial charge in [-0.3, -0.25) is 4.79 Å². The van der Waals surface area contributed by atoms with E-state index in [1.807, 2.05) is 6.07 Å². The first kappa shape index (κ1) is 18.3. The molecule has 27 heavy (non-hydrogen) atoms. The van der Waals surface area contributed by atoms with Crippen LogP contribution in [-0.2, 0) is 4.79 Å². The molecule has 6 heteroatoms. The number of halogens is 1. The van der Waals surface area contributed by atoms with Crippen molar-refractivity contribution in [3.63, 3.8) is 0 Å². The summed E-state index contributed by atoms with van der Waals surface area (Å²) in [6, 6.07) is 20.5. The van der Waals surface area contributed by atoms with Gasteiger partial charge in [0, 0.05) is 11.4 Å². The number of hydrogen-bond acceptors (Lipinski definition) is 4. The number of nitrogens with one attached hydrogen (secondary N) is 2. The zero-order valence-corrected chi connectivity index (χ0v) is 14.7. The van der Waals surface area contributed by atoms with Crippen LogP contribution in [0.25, 0.3) is 0 Å². The summed E-state index contributed by atoms with van der Waals surface area (Å²) in [4.78, 5) is 12.1. The molecule has 0 aliphatic rings. The number of anilines is 3. The molecule has 0 atom stereocenters. The first-order valence-corrected chi connectivity index (χ1v) is 8.33. The molecule has 2 N–H and O–H groups in total. The van der Waals surface area contributed by atoms with Crippen LogP contribution in [-0.4, -0.2) is 19.6 Å². The fraction of sp³-hybridized carbons (Fsp3) is 0.0952. The standard InChI is InChI=1S/C21H19FN2O3/c1-26-19-8-4-5-9-20(19)27-14-21(25)24-16-12-10-15(11-13-16)23-18-7-3-2-6-17(18)22/h2-13,23H,14H2,1H3,(H,24,25). The highest BCUT2D eigenvalue weighted by atomic mass is 19.1. The maximum absolute atomic E-state index is 13.7. The lowest BCUT2D eigenvalue weighted by Crippen LogP contribution is -2.20. The largest absolute Gasteiger partial charge is 0.493 e. The molecule has 0 radical (unpaired) electrons. The van der Waals surface area contributed by atoms with Crippen molar-refractivity contribution in [2.24, 2.45) is 0 Å². The van der Waals surface area contributed by atoms with Gasteiger partial charge in [0.15, 0.2) is 18.1 Å². The van der Waals surface area contributed by atoms with E-state index in [0.29, 0.717) is 28.6 Å². The first-order valence-electron chi connectivity index (χ1n) is 8.33. The Hall–Kier alpha value is -3.54. The minimum Gasteiger partial charge on any atom is -0.493 e. The number of carbonyl (C=O) groups excluding carboxylic acids is 1. The van der Waals surface area contributed by atoms with Crippen LogP contribution in [0.2, 0.25) is 0 Å². The van der Waals surface area contributed by atoms with Gasteiger partial charge < -0.3 is 20.1 Å². The molecule has 3 rings (SSSR count). The van der Waals surface area contributed by atoms with Crippen LogP contribution in [0, 0.1) is 5.82 Å². The first-order chi connectivity index (χ1) is 13.2. The molecule has 0 fully saturated rings. The monoisotopic (exact) mass is 366 g/mol. The molecule has 0 bridgehead atoms. The van der Waals surface area contributed by atoms with Gasteiger partial charge in [-0.25, -0.2) is 4.39 Å². The molecule has 0 heterocycles. The van der Waals surface area contributed by atoms with E-state index in [4.69, 9.17) is 9.47 Å². The van der Waals surface area contributed by atoms with Crippen LogP contribution in [0.4, 0.5) is 21.5 Å². The van der Waals surface area contributed by atoms with E-state index >= 15 is 0 Å². The molecule has 0 aliphatic carbocycles. The van der Waals surface area contributed by atoms with Crippen molar-refractivity contribution in [2.45, 2.75) is 0 Å². The third-order valence-corrected chi connectivity index (χ3v) is 3.75. The normalized spacial score (nSPS) is 10.1. The van der Waals surface area contributed by atoms with Crippen LogP contribution in [0.15, 0.2) is 72.8 Å². The van der Waals surface area contributed by atoms with Gasteiger partial charge in [-0.1, -0.05) is 24.3 Å². The number of para-hydroxylation sites is 3. The van der Waals surface area contributed by atoms with Gasteiger partial charge >= 0.3 is 0 Å². The van der Waals surface area contributed by atoms with Crippen molar-refractivity contribution in [2.75, 3.05) is 24.4 Å². The Morgan fingerprint density at radius 3 is 2.22 bits per heavy atom. The lowest BCUT2D eigenvalue weighted by Gasteiger charge is -2.11. The minimum atomic E-state index is -0.330. The maximum Gasteiger partial charge on any atom is 0.262 e. The van der Waals surface area contributed by atoms with E-state index in [2.05, 4.69) is 10.6 Å². The summed E-state index contributed by atoms with van der Waals surface area (Å²) in [5, 5.41) is 5.73. The van der Waals surface area contributed by atoms with Crippen molar-refractivity contribution in [3.05, 3.63) is 78.6 Å². The van der Waals surface area contributed by atoms with Crippen molar-refractivity contribution in [3.8, 4) is 11.5 Å². The van der Waals surface area contributed by atoms with Gasteiger partial charge in [0.1, 0.15) is 5.82 Å². The van der Waals surface area contributed by atoms with Crippen molar-refractivity contribution in [1.29, 1.82) is 0 Å². The number of amides is 1. The second-order valence-corrected chi connectivity index (χ2v) is 5.67. The van der Waals surface area contributed by atoms with Gasteiger partial charge in [0.05, 0.1) is 12.8 Å². The summed E-state index contributed by atoms with van der Waals surface area (Å²) < 4.78 is 24.3. The highest BCUT2D eigenvalue weighted by Gasteiger charge is 2.07. The predicted octanol–water partition coefficient (Wildman–Crippen LogP) is 4.60. The summed E-state index contributed by atoms with van der Waals surface area (Å²) in [6.45, 7) is -0.143. The Morgan fingerprint density at radius 2 is 1.52 bits per heavy atom. The van der Waals surface area contributed by atoms with E-state index in [-0.39, 0.29) is 18.3 Å². The van der Waals surface area contributed by atoms with Crippen LogP contribution in [0.5, 0.6) is 11.5 Å². The Morgan fingerprint density at radius 1 is 0.889 bits per heavy atom. The van der Waals surface area contributed by atoms with E-state index in [9.17, 15) is 9.18 Å². The average molecular weight is 366 g/mol. The molecule has 1 amide bonds. The Kier molecular flexibility index (Phi) is 5.89. The highest BCUT2D eigenvalue weighted by Crippen LogP contribution is 2.26. The summed E-state index contributed by atoms with van der Waals surface area (Å²) in [7, 11) is 1.54. The number of ether oxygens (including phenoxy) is 2. The fourth-order valence-corrected chi connectivity index (χ4v) is 2.43. The van der Waals surface area contributed by atoms with Gasteiger partial charge in [0.25, 0.3) is 5.91 Å². The van der Waals surface area contributed by atoms with Crippen LogP contribution < -0.4 is 20.1 Å². The van der Waals surface area contributed by atoms with Crippen LogP contribution in [0.3, 0.4) is 0 Å². The molecule has 0 saturated heterocycles. The summed E-state index contributed by atoms with van der Waals surface area (Å²) >= 11 is 0. The molecule has 0 aromatic heterocycles. The molecular weight excluding hydrogens is 347 g/mol. The average Bonchev–Trinajstić information content (AvgIpc) is 2.70. The molecule has 5 nitrogen and oxygen atoms in total. The lowest BCUT2D eigenvalue weighted by atomic mass is 10.2. The molecule has 0 aliphatic heterocycles. The third-order valence-electron chi connectivity index (χ3n) is 3.75. The van der Waals surface area contributed by atoms with Crippen molar-refractivity contribution < 1.29 is 18.7 Å². The maximum atomic E-state index is 13.7. The Balaban J connectivity index is 1.55. The topological polar surface area (TPSA) is 59.6 Å². The van der Waals surface area contributed by atoms with Crippen molar-refractivity contribution >= 4 is 23.0 Å². The van der Waals surface area contributed by atoms with Gasteiger partial charge in [-0.15, -0.1) is 0 Å². The second-order valence-electron chi connectivity index (χ2n) is 5.67. The Labute approximate surface area is 156 Å². The Bertz CT molecular complexity index is 913. The van der Waals surface area contributed by atoms with E-state index < -0.39 is 0 Å². The van der Waals surface area contributed by atoms with E-state index in [0.717, 1.165) is 0 Å². The number of hydrogen-bond donors (Lipinski definition) is 2. The number of benzene rings is 3. The number of methoxy groups -OCH3 is 1. The van der Waals surface area contributed by atoms with Gasteiger partial charge in [-0.2, -0.15) is 0 Å². The molecule has 0 spiro atoms. The van der Waals surface area contributed by atoms with Crippen LogP contribution in [0.1, 0.15) is 0 Å². The second kappa shape index (κ2) is 8.71. The zero-order valence-electron chi connectivity index (χ0n) is 14.7. The molecule has 3 aromatic rings. The van der Waals surface area contributed by atoms with E-state index in [1.54, 1.807) is 67.8 Å². The summed E-state index contributed by atoms with van der Waals surface area (Å²) in [5.41, 5.74) is 1.71. The van der Waals surface area contributed by atoms with E-state index in [1.165, 1.54) is 6.07 Å². The fourth-order valence-electron chi connectivity index (χ4n) is 2.43. The molecule has 0 unspecified atom stereocenters. The summed E-state index contributed by atoms with van der Waals surface area (Å²) in [5.74, 6) is 0.438. The predicted molar refractivity (Wildman–Crippen MR) is 103 cm³/mol. The lowest BCUT2D eigenvalue weighted by molar-refractivity contribution is -0.118. The number of carbonyl (C=O) groups is 1. The third kappa shape index (κ3) is 4.98. The van der Waals surface area contributed by atoms with Gasteiger partial charge in [-0.05, 0) is 48.5 Å². The van der Waals surface area contributed by atoms with Crippen molar-refractivity contribution in [1.82, 2.24) is 0 Å². The van der Waals surface area contributed by atoms with Gasteiger partial charge in [0.2, 0.25) is 0 Å². The zero-order chi connectivity index (χ0) is 19.1. The van der Waals surface area contributed by atoms with Crippen LogP contribution >= 0.6 is 0 Å². The quantitative estimate of drug-likeness (QED) is 0.642. The molecule has 0 saturated carbocycles. The summed E-state index contributed by atoms with van der Waals surface area (Å²) in [6.07, 6.45) is 0. The highest BCUT2D eigenvalue weighted by molar-refractivity contribution is 5.92. The minimum absolute atomic E-state index is 0.143. The smallest absolute Gasteiger partial charge is 0.262 e. The molecule has 3 aromatic carbocycles. The number of rotatable bonds is 7. The molecular formula is C21H19FN2O3.